The van der Waals surface area contributed by atoms with Gasteiger partial charge in [-0.15, -0.1) is 13.0 Å². The van der Waals surface area contributed by atoms with Crippen LogP contribution in [0.2, 0.25) is 0 Å². The fraction of sp³-hybridized carbons (Fsp3) is 0.475. The molecule has 53 heavy (non-hydrogen) atoms. The van der Waals surface area contributed by atoms with Crippen molar-refractivity contribution < 1.29 is 64.3 Å². The van der Waals surface area contributed by atoms with Crippen LogP contribution in [0.5, 0.6) is 11.8 Å². The van der Waals surface area contributed by atoms with E-state index in [1.165, 1.54) is 30.5 Å². The van der Waals surface area contributed by atoms with Gasteiger partial charge in [-0.1, -0.05) is 25.3 Å². The number of aliphatic hydroxyl groups is 1. The minimum atomic E-state index is -1.39. The first kappa shape index (κ1) is 39.6. The number of phenols is 1. The molecule has 7 rings (SSSR count). The molecule has 0 radical (unpaired) electrons. The van der Waals surface area contributed by atoms with Crippen molar-refractivity contribution in [3.05, 3.63) is 61.5 Å². The van der Waals surface area contributed by atoms with E-state index in [2.05, 4.69) is 34.6 Å². The molecule has 3 aliphatic rings. The van der Waals surface area contributed by atoms with Crippen molar-refractivity contribution in [2.24, 2.45) is 5.41 Å². The van der Waals surface area contributed by atoms with Crippen LogP contribution in [0.4, 0.5) is 14.6 Å². The molecule has 4 atom stereocenters. The number of benzene rings is 2. The van der Waals surface area contributed by atoms with E-state index in [1.807, 2.05) is 13.8 Å². The largest absolute Gasteiger partial charge is 2.00 e. The summed E-state index contributed by atoms with van der Waals surface area (Å²) in [4.78, 5) is 18.0. The predicted octanol–water partition coefficient (Wildman–Crippen LogP) is 6.20. The Labute approximate surface area is 333 Å². The third-order valence-corrected chi connectivity index (χ3v) is 10.6. The molecule has 13 heteroatoms. The molecule has 0 unspecified atom stereocenters. The van der Waals surface area contributed by atoms with Crippen LogP contribution in [-0.4, -0.2) is 93.0 Å². The molecule has 4 aromatic rings. The SMILES string of the molecule is C#Cc1c(F)ccc2cc(O)cc(-c3ncc4c(N(C[CH2-])C[C@]([CH2-])(C)O)nc(OC[C@]56CCC[C@H]5N(C[C@H]5COC(C)(C)O5)CCC6)nc4c3F)c12.[U+2]. The van der Waals surface area contributed by atoms with Gasteiger partial charge in [-0.05, 0) is 75.3 Å². The maximum Gasteiger partial charge on any atom is 2.00 e. The average molecular weight is 952 g/mol. The Balaban J connectivity index is 0.00000481. The second-order valence-electron chi connectivity index (χ2n) is 15.2. The van der Waals surface area contributed by atoms with Crippen LogP contribution in [0.3, 0.4) is 0 Å². The molecule has 2 aliphatic heterocycles. The molecular formula is C40H45F2N5O5U. The molecule has 0 bridgehead atoms. The summed E-state index contributed by atoms with van der Waals surface area (Å²) >= 11 is 0. The summed E-state index contributed by atoms with van der Waals surface area (Å²) in [6.07, 6.45) is 12.1. The number of nitrogens with zero attached hydrogens (tertiary/aromatic N) is 5. The Kier molecular flexibility index (Phi) is 11.4. The van der Waals surface area contributed by atoms with Crippen LogP contribution in [-0.2, 0) is 9.47 Å². The van der Waals surface area contributed by atoms with Gasteiger partial charge in [0.25, 0.3) is 0 Å². The van der Waals surface area contributed by atoms with Crippen molar-refractivity contribution in [3.63, 3.8) is 0 Å². The van der Waals surface area contributed by atoms with Crippen molar-refractivity contribution in [2.75, 3.05) is 44.3 Å². The van der Waals surface area contributed by atoms with Crippen LogP contribution < -0.4 is 9.64 Å². The van der Waals surface area contributed by atoms with Gasteiger partial charge in [0.1, 0.15) is 28.6 Å². The zero-order valence-corrected chi connectivity index (χ0v) is 34.6. The number of terminal acetylenes is 1. The average Bonchev–Trinajstić information content (AvgIpc) is 3.68. The summed E-state index contributed by atoms with van der Waals surface area (Å²) in [6, 6.07) is 5.63. The van der Waals surface area contributed by atoms with Gasteiger partial charge >= 0.3 is 37.1 Å². The molecular weight excluding hydrogens is 906 g/mol. The van der Waals surface area contributed by atoms with Crippen LogP contribution in [0.15, 0.2) is 30.5 Å². The molecule has 278 valence electrons. The topological polar surface area (TPSA) is 113 Å². The molecule has 1 aliphatic carbocycles. The van der Waals surface area contributed by atoms with Gasteiger partial charge in [0, 0.05) is 41.7 Å². The number of hydrogen-bond acceptors (Lipinski definition) is 10. The molecule has 2 N–H and O–H groups in total. The third kappa shape index (κ3) is 7.87. The van der Waals surface area contributed by atoms with E-state index in [4.69, 9.17) is 25.6 Å². The number of aromatic nitrogens is 3. The number of pyridine rings is 1. The van der Waals surface area contributed by atoms with Crippen LogP contribution >= 0.6 is 0 Å². The molecule has 0 spiro atoms. The summed E-state index contributed by atoms with van der Waals surface area (Å²) in [5.74, 6) is 0.370. The quantitative estimate of drug-likeness (QED) is 0.141. The number of fused-ring (bicyclic) bond motifs is 3. The Morgan fingerprint density at radius 2 is 1.98 bits per heavy atom. The number of rotatable bonds is 10. The Morgan fingerprint density at radius 3 is 2.68 bits per heavy atom. The van der Waals surface area contributed by atoms with Gasteiger partial charge in [0.15, 0.2) is 11.6 Å². The van der Waals surface area contributed by atoms with Crippen molar-refractivity contribution >= 4 is 27.5 Å². The minimum absolute atomic E-state index is 0. The predicted molar refractivity (Wildman–Crippen MR) is 195 cm³/mol. The van der Waals surface area contributed by atoms with E-state index >= 15 is 4.39 Å². The van der Waals surface area contributed by atoms with E-state index in [9.17, 15) is 14.6 Å². The van der Waals surface area contributed by atoms with E-state index in [0.717, 1.165) is 45.2 Å². The zero-order valence-electron chi connectivity index (χ0n) is 30.4. The first-order valence-corrected chi connectivity index (χ1v) is 17.8. The summed E-state index contributed by atoms with van der Waals surface area (Å²) in [6.45, 7) is 16.1. The normalized spacial score (nSPS) is 23.7. The standard InChI is InChI=1S/C40H45F2N5O5.U/c1-7-27-30(41)13-12-24-17-25(48)18-28(32(24)27)34-33(42)35-29(19-43-34)36(46(8-2)22-38(3,4)49)45-37(44-35)50-23-40-14-9-11-31(40)47(16-10-15-40)20-26-21-51-39(5,6)52-26;/h1,12-13,17-19,26,31,48-49H,2-3,8-11,14-16,20-23H2,4-6H3;/q-2;+2/t26-,31+,38-,40+;/m0./s1. The van der Waals surface area contributed by atoms with Gasteiger partial charge in [-0.25, -0.2) is 8.78 Å². The van der Waals surface area contributed by atoms with Crippen molar-refractivity contribution in [1.29, 1.82) is 0 Å². The van der Waals surface area contributed by atoms with Gasteiger partial charge in [-0.3, -0.25) is 9.88 Å². The Morgan fingerprint density at radius 1 is 1.21 bits per heavy atom. The molecule has 10 nitrogen and oxygen atoms in total. The summed E-state index contributed by atoms with van der Waals surface area (Å²) in [5.41, 5.74) is -1.81. The fourth-order valence-corrected chi connectivity index (χ4v) is 8.49. The molecule has 0 amide bonds. The van der Waals surface area contributed by atoms with Gasteiger partial charge in [0.2, 0.25) is 0 Å². The van der Waals surface area contributed by atoms with Crippen LogP contribution in [0, 0.1) is 74.4 Å². The smallest absolute Gasteiger partial charge is 0.508 e. The second kappa shape index (κ2) is 15.2. The molecule has 2 saturated heterocycles. The van der Waals surface area contributed by atoms with Crippen LogP contribution in [0.1, 0.15) is 58.4 Å². The number of halogens is 2. The molecule has 4 heterocycles. The first-order chi connectivity index (χ1) is 24.7. The van der Waals surface area contributed by atoms with Crippen LogP contribution in [0.25, 0.3) is 32.9 Å². The summed E-state index contributed by atoms with van der Waals surface area (Å²) < 4.78 is 50.4. The van der Waals surface area contributed by atoms with E-state index in [-0.39, 0.29) is 112 Å². The van der Waals surface area contributed by atoms with Gasteiger partial charge in [-0.2, -0.15) is 9.97 Å². The number of likely N-dealkylation sites (tertiary alicyclic amines) is 1. The third-order valence-electron chi connectivity index (χ3n) is 10.6. The number of anilines is 1. The Bertz CT molecular complexity index is 2050. The number of phenolic OH excluding ortho intramolecular Hbond substituents is 1. The minimum Gasteiger partial charge on any atom is -0.508 e. The molecule has 2 aromatic carbocycles. The van der Waals surface area contributed by atoms with Crippen molar-refractivity contribution in [3.8, 4) is 35.4 Å². The van der Waals surface area contributed by atoms with Crippen molar-refractivity contribution in [1.82, 2.24) is 19.9 Å². The number of hydrogen-bond donors (Lipinski definition) is 2. The fourth-order valence-electron chi connectivity index (χ4n) is 8.49. The van der Waals surface area contributed by atoms with Gasteiger partial charge in [0.05, 0.1) is 30.3 Å². The number of piperidine rings is 1. The zero-order chi connectivity index (χ0) is 37.0. The van der Waals surface area contributed by atoms with Gasteiger partial charge < -0.3 is 43.2 Å². The summed E-state index contributed by atoms with van der Waals surface area (Å²) in [7, 11) is 0. The monoisotopic (exact) mass is 951 g/mol. The number of aromatic hydroxyl groups is 1. The van der Waals surface area contributed by atoms with E-state index < -0.39 is 23.0 Å². The van der Waals surface area contributed by atoms with Crippen molar-refractivity contribution in [2.45, 2.75) is 76.4 Å². The molecule has 2 aromatic heterocycles. The maximum absolute atomic E-state index is 17.0. The molecule has 3 fully saturated rings. The summed E-state index contributed by atoms with van der Waals surface area (Å²) in [5, 5.41) is 22.2. The number of ether oxygens (including phenoxy) is 3. The maximum atomic E-state index is 17.0. The van der Waals surface area contributed by atoms with E-state index in [1.54, 1.807) is 11.8 Å². The molecule has 1 saturated carbocycles. The Hall–Kier alpha value is -3.10. The van der Waals surface area contributed by atoms with E-state index in [0.29, 0.717) is 18.6 Å². The first-order valence-electron chi connectivity index (χ1n) is 17.8. The second-order valence-corrected chi connectivity index (χ2v) is 15.2.